The zero-order chi connectivity index (χ0) is 25.2. The topological polar surface area (TPSA) is 103 Å². The number of aromatic amines is 1. The van der Waals surface area contributed by atoms with Crippen molar-refractivity contribution in [2.45, 2.75) is 33.2 Å². The van der Waals surface area contributed by atoms with E-state index < -0.39 is 35.3 Å². The number of aryl methyl sites for hydroxylation is 1. The molecule has 1 amide bonds. The van der Waals surface area contributed by atoms with Crippen molar-refractivity contribution in [3.05, 3.63) is 63.7 Å². The van der Waals surface area contributed by atoms with Crippen LogP contribution in [0.3, 0.4) is 0 Å². The second-order valence-corrected chi connectivity index (χ2v) is 8.55. The Bertz CT molecular complexity index is 1150. The molecule has 1 aromatic carbocycles. The first-order chi connectivity index (χ1) is 16.1. The molecular weight excluding hydrogens is 441 g/mol. The Hall–Kier alpha value is -3.46. The van der Waals surface area contributed by atoms with Gasteiger partial charge in [0, 0.05) is 17.8 Å². The number of nitrogens with zero attached hydrogens (tertiary/aromatic N) is 2. The van der Waals surface area contributed by atoms with Gasteiger partial charge in [0.25, 0.3) is 11.7 Å². The maximum absolute atomic E-state index is 14.1. The molecule has 2 heterocycles. The van der Waals surface area contributed by atoms with Gasteiger partial charge in [0.05, 0.1) is 18.2 Å². The quantitative estimate of drug-likeness (QED) is 0.265. The highest BCUT2D eigenvalue weighted by Gasteiger charge is 2.46. The number of likely N-dealkylation sites (tertiary alicyclic amines) is 1. The minimum atomic E-state index is -0.961. The number of ketones is 1. The van der Waals surface area contributed by atoms with Gasteiger partial charge in [-0.1, -0.05) is 12.1 Å². The van der Waals surface area contributed by atoms with Crippen LogP contribution in [0.4, 0.5) is 4.39 Å². The Morgan fingerprint density at radius 2 is 1.97 bits per heavy atom. The molecule has 8 nitrogen and oxygen atoms in total. The second kappa shape index (κ2) is 10.2. The van der Waals surface area contributed by atoms with Crippen LogP contribution in [0, 0.1) is 19.7 Å². The van der Waals surface area contributed by atoms with Crippen molar-refractivity contribution in [3.63, 3.8) is 0 Å². The van der Waals surface area contributed by atoms with Crippen LogP contribution >= 0.6 is 0 Å². The zero-order valence-electron chi connectivity index (χ0n) is 20.1. The molecule has 0 unspecified atom stereocenters. The number of rotatable bonds is 8. The summed E-state index contributed by atoms with van der Waals surface area (Å²) in [5, 5.41) is 11.3. The number of nitrogens with one attached hydrogen (secondary N) is 1. The number of H-pyrrole nitrogens is 1. The number of hydrogen-bond donors (Lipinski definition) is 2. The summed E-state index contributed by atoms with van der Waals surface area (Å²) in [5.41, 5.74) is 1.47. The molecule has 2 N–H and O–H groups in total. The fourth-order valence-corrected chi connectivity index (χ4v) is 4.34. The molecule has 1 saturated heterocycles. The van der Waals surface area contributed by atoms with E-state index in [4.69, 9.17) is 4.74 Å². The largest absolute Gasteiger partial charge is 0.507 e. The summed E-state index contributed by atoms with van der Waals surface area (Å²) in [5.74, 6) is -3.13. The van der Waals surface area contributed by atoms with Crippen LogP contribution in [0.25, 0.3) is 5.76 Å². The lowest BCUT2D eigenvalue weighted by Crippen LogP contribution is -2.32. The lowest BCUT2D eigenvalue weighted by Gasteiger charge is -2.26. The zero-order valence-corrected chi connectivity index (χ0v) is 20.1. The van der Waals surface area contributed by atoms with Gasteiger partial charge in [0.2, 0.25) is 0 Å². The number of esters is 1. The van der Waals surface area contributed by atoms with Crippen molar-refractivity contribution >= 4 is 23.4 Å². The van der Waals surface area contributed by atoms with Gasteiger partial charge in [0.1, 0.15) is 17.3 Å². The molecule has 2 aromatic rings. The smallest absolute Gasteiger partial charge is 0.355 e. The van der Waals surface area contributed by atoms with E-state index in [1.807, 2.05) is 19.0 Å². The number of amides is 1. The highest BCUT2D eigenvalue weighted by atomic mass is 19.1. The lowest BCUT2D eigenvalue weighted by molar-refractivity contribution is -0.139. The molecule has 0 spiro atoms. The summed E-state index contributed by atoms with van der Waals surface area (Å²) in [6.45, 7) is 6.05. The molecule has 0 saturated carbocycles. The second-order valence-electron chi connectivity index (χ2n) is 8.55. The number of aromatic nitrogens is 1. The van der Waals surface area contributed by atoms with E-state index in [1.165, 1.54) is 23.1 Å². The van der Waals surface area contributed by atoms with Crippen molar-refractivity contribution < 1.29 is 28.6 Å². The summed E-state index contributed by atoms with van der Waals surface area (Å²) >= 11 is 0. The molecule has 9 heteroatoms. The maximum atomic E-state index is 14.1. The van der Waals surface area contributed by atoms with E-state index in [-0.39, 0.29) is 30.0 Å². The third-order valence-electron chi connectivity index (χ3n) is 5.86. The fourth-order valence-electron chi connectivity index (χ4n) is 4.34. The molecule has 1 aliphatic heterocycles. The monoisotopic (exact) mass is 471 g/mol. The Labute approximate surface area is 198 Å². The fraction of sp³-hybridized carbons (Fsp3) is 0.400. The number of benzene rings is 1. The Morgan fingerprint density at radius 3 is 2.59 bits per heavy atom. The Balaban J connectivity index is 2.16. The number of carbonyl (C=O) groups excluding carboxylic acids is 3. The van der Waals surface area contributed by atoms with E-state index in [9.17, 15) is 23.9 Å². The molecule has 1 aliphatic rings. The van der Waals surface area contributed by atoms with Gasteiger partial charge in [-0.15, -0.1) is 0 Å². The number of halogens is 1. The maximum Gasteiger partial charge on any atom is 0.355 e. The first-order valence-electron chi connectivity index (χ1n) is 11.1. The molecule has 182 valence electrons. The average molecular weight is 472 g/mol. The normalized spacial score (nSPS) is 17.6. The van der Waals surface area contributed by atoms with Gasteiger partial charge in [-0.05, 0) is 71.1 Å². The van der Waals surface area contributed by atoms with Crippen LogP contribution in [0.15, 0.2) is 29.8 Å². The van der Waals surface area contributed by atoms with Gasteiger partial charge in [-0.25, -0.2) is 9.18 Å². The predicted octanol–water partition coefficient (Wildman–Crippen LogP) is 3.32. The first-order valence-corrected chi connectivity index (χ1v) is 11.1. The van der Waals surface area contributed by atoms with Crippen molar-refractivity contribution in [1.29, 1.82) is 0 Å². The lowest BCUT2D eigenvalue weighted by atomic mass is 9.94. The summed E-state index contributed by atoms with van der Waals surface area (Å²) < 4.78 is 19.2. The molecule has 34 heavy (non-hydrogen) atoms. The molecule has 1 atom stereocenters. The van der Waals surface area contributed by atoms with Crippen LogP contribution in [0.1, 0.15) is 52.3 Å². The predicted molar refractivity (Wildman–Crippen MR) is 125 cm³/mol. The van der Waals surface area contributed by atoms with Crippen LogP contribution in [0.2, 0.25) is 0 Å². The SMILES string of the molecule is CCOC(=O)c1[nH]c(C)c(/C(O)=C2\C(=O)C(=O)N(CCCN(C)C)[C@@H]2c2cccc(F)c2)c1C. The summed E-state index contributed by atoms with van der Waals surface area (Å²) in [7, 11) is 3.80. The Kier molecular flexibility index (Phi) is 7.56. The van der Waals surface area contributed by atoms with Gasteiger partial charge in [-0.3, -0.25) is 9.59 Å². The molecule has 0 bridgehead atoms. The summed E-state index contributed by atoms with van der Waals surface area (Å²) in [4.78, 5) is 44.7. The number of aliphatic hydroxyl groups is 1. The van der Waals surface area contributed by atoms with Crippen LogP contribution < -0.4 is 0 Å². The van der Waals surface area contributed by atoms with Crippen molar-refractivity contribution in [2.75, 3.05) is 33.8 Å². The van der Waals surface area contributed by atoms with Gasteiger partial charge >= 0.3 is 5.97 Å². The molecule has 3 rings (SSSR count). The van der Waals surface area contributed by atoms with Gasteiger partial charge in [-0.2, -0.15) is 0 Å². The number of ether oxygens (including phenoxy) is 1. The van der Waals surface area contributed by atoms with E-state index in [0.717, 1.165) is 0 Å². The Morgan fingerprint density at radius 1 is 1.26 bits per heavy atom. The van der Waals surface area contributed by atoms with Crippen molar-refractivity contribution in [3.8, 4) is 0 Å². The van der Waals surface area contributed by atoms with E-state index in [0.29, 0.717) is 29.8 Å². The van der Waals surface area contributed by atoms with Crippen molar-refractivity contribution in [2.24, 2.45) is 0 Å². The highest BCUT2D eigenvalue weighted by Crippen LogP contribution is 2.41. The van der Waals surface area contributed by atoms with Crippen LogP contribution in [-0.4, -0.2) is 71.3 Å². The standard InChI is InChI=1S/C25H30FN3O5/c1-6-34-25(33)20-14(2)18(15(3)27-20)22(30)19-21(16-9-7-10-17(26)13-16)29(24(32)23(19)31)12-8-11-28(4)5/h7,9-10,13,21,27,30H,6,8,11-12H2,1-5H3/b22-19+/t21-/m1/s1. The minimum Gasteiger partial charge on any atom is -0.507 e. The number of aliphatic hydroxyl groups excluding tert-OH is 1. The third kappa shape index (κ3) is 4.75. The van der Waals surface area contributed by atoms with E-state index >= 15 is 0 Å². The van der Waals surface area contributed by atoms with Gasteiger partial charge < -0.3 is 24.6 Å². The third-order valence-corrected chi connectivity index (χ3v) is 5.86. The number of carbonyl (C=O) groups is 3. The van der Waals surface area contributed by atoms with Crippen LogP contribution in [-0.2, 0) is 14.3 Å². The van der Waals surface area contributed by atoms with Crippen LogP contribution in [0.5, 0.6) is 0 Å². The van der Waals surface area contributed by atoms with E-state index in [1.54, 1.807) is 26.8 Å². The molecule has 1 fully saturated rings. The first kappa shape index (κ1) is 25.2. The highest BCUT2D eigenvalue weighted by molar-refractivity contribution is 6.46. The van der Waals surface area contributed by atoms with Gasteiger partial charge in [0.15, 0.2) is 0 Å². The summed E-state index contributed by atoms with van der Waals surface area (Å²) in [6.07, 6.45) is 0.584. The van der Waals surface area contributed by atoms with Crippen molar-refractivity contribution in [1.82, 2.24) is 14.8 Å². The minimum absolute atomic E-state index is 0.138. The summed E-state index contributed by atoms with van der Waals surface area (Å²) in [6, 6.07) is 4.68. The molecule has 0 radical (unpaired) electrons. The molecule has 1 aromatic heterocycles. The number of hydrogen-bond acceptors (Lipinski definition) is 6. The average Bonchev–Trinajstić information content (AvgIpc) is 3.21. The number of Topliss-reactive ketones (excluding diaryl/α,β-unsaturated/α-hetero) is 1. The van der Waals surface area contributed by atoms with E-state index in [2.05, 4.69) is 4.98 Å². The molecular formula is C25H30FN3O5. The molecule has 0 aliphatic carbocycles.